The van der Waals surface area contributed by atoms with Gasteiger partial charge in [-0.05, 0) is 43.4 Å². The molecule has 148 valence electrons. The van der Waals surface area contributed by atoms with E-state index in [0.29, 0.717) is 11.6 Å². The molecule has 3 fully saturated rings. The van der Waals surface area contributed by atoms with Crippen molar-refractivity contribution < 1.29 is 23.9 Å². The molecule has 0 radical (unpaired) electrons. The maximum Gasteiger partial charge on any atom is 0.324 e. The third-order valence-corrected chi connectivity index (χ3v) is 6.71. The lowest BCUT2D eigenvalue weighted by Crippen LogP contribution is -2.49. The number of carboxylic acids is 1. The molecule has 1 aromatic rings. The fourth-order valence-corrected chi connectivity index (χ4v) is 4.65. The van der Waals surface area contributed by atoms with Gasteiger partial charge in [-0.2, -0.15) is 0 Å². The molecule has 0 spiro atoms. The molecule has 2 heterocycles. The van der Waals surface area contributed by atoms with E-state index in [9.17, 15) is 23.9 Å². The fraction of sp³-hybridized carbons (Fsp3) is 0.550. The monoisotopic (exact) mass is 387 g/mol. The number of benzene rings is 1. The number of rotatable bonds is 4. The summed E-state index contributed by atoms with van der Waals surface area (Å²) in [5.74, 6) is -4.45. The number of ketones is 1. The molecule has 2 saturated carbocycles. The number of amides is 1. The minimum Gasteiger partial charge on any atom is -0.480 e. The average molecular weight is 387 g/mol. The number of nitrogens with zero attached hydrogens (tertiary/aromatic N) is 2. The third-order valence-electron chi connectivity index (χ3n) is 6.71. The lowest BCUT2D eigenvalue weighted by molar-refractivity contribution is -0.144. The van der Waals surface area contributed by atoms with Gasteiger partial charge in [0.2, 0.25) is 5.91 Å². The Balaban J connectivity index is 1.50. The molecule has 1 aromatic carbocycles. The van der Waals surface area contributed by atoms with Crippen LogP contribution in [0.1, 0.15) is 36.0 Å². The Morgan fingerprint density at radius 1 is 1.29 bits per heavy atom. The molecule has 5 rings (SSSR count). The second-order valence-corrected chi connectivity index (χ2v) is 8.53. The number of aliphatic carboxylic acids is 1. The number of Topliss-reactive ketones (excluding diaryl/α,β-unsaturated/α-hetero) is 1. The van der Waals surface area contributed by atoms with E-state index in [1.165, 1.54) is 4.90 Å². The number of carboxylic acid groups (broad SMARTS) is 1. The summed E-state index contributed by atoms with van der Waals surface area (Å²) in [6.07, 6.45) is 2.06. The number of carbonyl (C=O) groups is 3. The summed E-state index contributed by atoms with van der Waals surface area (Å²) in [5, 5.41) is 9.35. The summed E-state index contributed by atoms with van der Waals surface area (Å²) < 4.78 is 13.8. The van der Waals surface area contributed by atoms with Crippen molar-refractivity contribution in [3.63, 3.8) is 0 Å². The van der Waals surface area contributed by atoms with Crippen LogP contribution in [0.5, 0.6) is 0 Å². The first-order valence-corrected chi connectivity index (χ1v) is 9.72. The topological polar surface area (TPSA) is 104 Å². The predicted octanol–water partition coefficient (Wildman–Crippen LogP) is 1.34. The van der Waals surface area contributed by atoms with Crippen LogP contribution in [0.15, 0.2) is 18.2 Å². The van der Waals surface area contributed by atoms with Gasteiger partial charge in [0.05, 0.1) is 11.7 Å². The molecule has 4 aliphatic rings. The van der Waals surface area contributed by atoms with Crippen LogP contribution in [0, 0.1) is 11.8 Å². The maximum atomic E-state index is 13.8. The van der Waals surface area contributed by atoms with Gasteiger partial charge in [-0.3, -0.25) is 14.4 Å². The van der Waals surface area contributed by atoms with Gasteiger partial charge in [0.15, 0.2) is 11.7 Å². The lowest BCUT2D eigenvalue weighted by Gasteiger charge is -2.33. The second-order valence-electron chi connectivity index (χ2n) is 8.53. The first-order chi connectivity index (χ1) is 13.3. The van der Waals surface area contributed by atoms with Crippen molar-refractivity contribution in [2.75, 3.05) is 22.9 Å². The summed E-state index contributed by atoms with van der Waals surface area (Å²) in [4.78, 5) is 40.2. The zero-order valence-corrected chi connectivity index (χ0v) is 15.3. The van der Waals surface area contributed by atoms with Crippen molar-refractivity contribution in [1.82, 2.24) is 0 Å². The molecule has 0 bridgehead atoms. The standard InChI is InChI=1S/C20H22FN3O4/c21-13-8-15(13)24-14-7-11(23-6-3-10(9-23)20(22)4-5-20)1-2-12(14)17(25)16(18(24)26)19(27)28/h1-2,7,10,13,15-16H,3-6,8-9,22H2,(H,27,28)/t10-,13+,15-,16?/m1/s1. The molecule has 2 aliphatic heterocycles. The summed E-state index contributed by atoms with van der Waals surface area (Å²) >= 11 is 0. The highest BCUT2D eigenvalue weighted by Gasteiger charge is 2.53. The van der Waals surface area contributed by atoms with Crippen LogP contribution >= 0.6 is 0 Å². The van der Waals surface area contributed by atoms with Gasteiger partial charge in [-0.1, -0.05) is 0 Å². The molecule has 8 heteroatoms. The summed E-state index contributed by atoms with van der Waals surface area (Å²) in [5.41, 5.74) is 7.63. The van der Waals surface area contributed by atoms with Crippen LogP contribution in [0.25, 0.3) is 0 Å². The van der Waals surface area contributed by atoms with Gasteiger partial charge in [-0.25, -0.2) is 4.39 Å². The highest BCUT2D eigenvalue weighted by molar-refractivity contribution is 6.30. The molecule has 1 amide bonds. The van der Waals surface area contributed by atoms with Crippen LogP contribution in [-0.2, 0) is 9.59 Å². The van der Waals surface area contributed by atoms with Crippen LogP contribution in [-0.4, -0.2) is 53.6 Å². The van der Waals surface area contributed by atoms with Gasteiger partial charge in [0, 0.05) is 36.3 Å². The lowest BCUT2D eigenvalue weighted by atomic mass is 9.89. The highest BCUT2D eigenvalue weighted by Crippen LogP contribution is 2.46. The second kappa shape index (κ2) is 5.76. The minimum atomic E-state index is -1.80. The molecular weight excluding hydrogens is 365 g/mol. The fourth-order valence-electron chi connectivity index (χ4n) is 4.65. The Hall–Kier alpha value is -2.48. The van der Waals surface area contributed by atoms with Crippen molar-refractivity contribution in [2.45, 2.75) is 43.4 Å². The van der Waals surface area contributed by atoms with Gasteiger partial charge < -0.3 is 20.6 Å². The first-order valence-electron chi connectivity index (χ1n) is 9.72. The smallest absolute Gasteiger partial charge is 0.324 e. The molecular formula is C20H22FN3O4. The maximum absolute atomic E-state index is 13.8. The highest BCUT2D eigenvalue weighted by atomic mass is 19.1. The van der Waals surface area contributed by atoms with Crippen molar-refractivity contribution in [3.8, 4) is 0 Å². The molecule has 0 aromatic heterocycles. The van der Waals surface area contributed by atoms with E-state index in [0.717, 1.165) is 38.0 Å². The average Bonchev–Trinajstić information content (AvgIpc) is 3.50. The van der Waals surface area contributed by atoms with Crippen molar-refractivity contribution in [2.24, 2.45) is 17.6 Å². The number of alkyl halides is 1. The van der Waals surface area contributed by atoms with Crippen LogP contribution in [0.4, 0.5) is 15.8 Å². The number of halogens is 1. The van der Waals surface area contributed by atoms with Crippen molar-refractivity contribution >= 4 is 29.0 Å². The Morgan fingerprint density at radius 3 is 2.61 bits per heavy atom. The number of carbonyl (C=O) groups excluding carboxylic acids is 2. The number of nitrogens with two attached hydrogens (primary N) is 1. The SMILES string of the molecule is NC1([C@@H]2CCN(c3ccc4c(c3)N([C@@H]3C[C@@H]3F)C(=O)C(C(=O)O)C4=O)C2)CC1. The number of fused-ring (bicyclic) bond motifs is 1. The minimum absolute atomic E-state index is 0.0644. The normalized spacial score (nSPS) is 33.1. The van der Waals surface area contributed by atoms with E-state index in [-0.39, 0.29) is 17.5 Å². The molecule has 1 saturated heterocycles. The molecule has 2 aliphatic carbocycles. The van der Waals surface area contributed by atoms with Crippen LogP contribution in [0.3, 0.4) is 0 Å². The van der Waals surface area contributed by atoms with Gasteiger partial charge in [0.1, 0.15) is 6.17 Å². The van der Waals surface area contributed by atoms with Crippen LogP contribution < -0.4 is 15.5 Å². The Labute approximate surface area is 161 Å². The quantitative estimate of drug-likeness (QED) is 0.756. The molecule has 7 nitrogen and oxygen atoms in total. The molecule has 3 N–H and O–H groups in total. The number of hydrogen-bond donors (Lipinski definition) is 2. The van der Waals surface area contributed by atoms with E-state index in [1.807, 2.05) is 0 Å². The largest absolute Gasteiger partial charge is 0.480 e. The molecule has 4 atom stereocenters. The summed E-state index contributed by atoms with van der Waals surface area (Å²) in [6.45, 7) is 1.64. The Morgan fingerprint density at radius 2 is 2.00 bits per heavy atom. The van der Waals surface area contributed by atoms with Crippen molar-refractivity contribution in [1.29, 1.82) is 0 Å². The van der Waals surface area contributed by atoms with E-state index >= 15 is 0 Å². The number of hydrogen-bond acceptors (Lipinski definition) is 5. The zero-order valence-electron chi connectivity index (χ0n) is 15.3. The number of anilines is 2. The third kappa shape index (κ3) is 2.54. The molecule has 28 heavy (non-hydrogen) atoms. The van der Waals surface area contributed by atoms with E-state index in [2.05, 4.69) is 4.90 Å². The summed E-state index contributed by atoms with van der Waals surface area (Å²) in [6, 6.07) is 4.39. The van der Waals surface area contributed by atoms with Gasteiger partial charge in [0.25, 0.3) is 0 Å². The van der Waals surface area contributed by atoms with E-state index in [4.69, 9.17) is 5.73 Å². The first kappa shape index (κ1) is 17.6. The van der Waals surface area contributed by atoms with Crippen molar-refractivity contribution in [3.05, 3.63) is 23.8 Å². The zero-order chi connectivity index (χ0) is 19.8. The van der Waals surface area contributed by atoms with Crippen LogP contribution in [0.2, 0.25) is 0 Å². The Bertz CT molecular complexity index is 899. The van der Waals surface area contributed by atoms with Gasteiger partial charge >= 0.3 is 5.97 Å². The van der Waals surface area contributed by atoms with Gasteiger partial charge in [-0.15, -0.1) is 0 Å². The van der Waals surface area contributed by atoms with E-state index < -0.39 is 35.8 Å². The predicted molar refractivity (Wildman–Crippen MR) is 99.2 cm³/mol. The molecule has 1 unspecified atom stereocenters. The van der Waals surface area contributed by atoms with E-state index in [1.54, 1.807) is 18.2 Å². The summed E-state index contributed by atoms with van der Waals surface area (Å²) in [7, 11) is 0. The Kier molecular flexibility index (Phi) is 3.62.